The molecule has 148 valence electrons. The number of nitrogens with one attached hydrogen (secondary N) is 1. The second-order valence-corrected chi connectivity index (χ2v) is 8.58. The Balaban J connectivity index is 1.24. The first-order valence-corrected chi connectivity index (χ1v) is 9.56. The first-order valence-electron chi connectivity index (χ1n) is 9.18. The molecule has 0 saturated heterocycles. The molecule has 5 nitrogen and oxygen atoms in total. The number of ether oxygens (including phenoxy) is 1. The summed E-state index contributed by atoms with van der Waals surface area (Å²) in [5.41, 5.74) is 0.713. The van der Waals surface area contributed by atoms with Crippen molar-refractivity contribution in [2.75, 3.05) is 6.61 Å². The van der Waals surface area contributed by atoms with Gasteiger partial charge in [-0.2, -0.15) is 0 Å². The van der Waals surface area contributed by atoms with E-state index in [2.05, 4.69) is 5.32 Å². The topological polar surface area (TPSA) is 68.5 Å². The van der Waals surface area contributed by atoms with Crippen molar-refractivity contribution >= 4 is 23.3 Å². The van der Waals surface area contributed by atoms with Crippen LogP contribution in [-0.2, 0) is 4.79 Å². The largest absolute Gasteiger partial charge is 0.484 e. The maximum absolute atomic E-state index is 13.4. The van der Waals surface area contributed by atoms with E-state index < -0.39 is 5.82 Å². The van der Waals surface area contributed by atoms with Gasteiger partial charge in [-0.1, -0.05) is 11.6 Å². The Labute approximate surface area is 167 Å². The van der Waals surface area contributed by atoms with E-state index in [1.807, 2.05) is 13.8 Å². The fraction of sp³-hybridized carbons (Fsp3) is 0.429. The molecular weight excluding hydrogens is 385 g/mol. The van der Waals surface area contributed by atoms with Crippen LogP contribution in [0, 0.1) is 25.1 Å². The number of hydrogen-bond donors (Lipinski definition) is 1. The third kappa shape index (κ3) is 3.41. The highest BCUT2D eigenvalue weighted by atomic mass is 35.5. The van der Waals surface area contributed by atoms with Gasteiger partial charge in [0.25, 0.3) is 5.91 Å². The minimum Gasteiger partial charge on any atom is -0.484 e. The summed E-state index contributed by atoms with van der Waals surface area (Å²) in [6.45, 7) is 3.57. The number of Topliss-reactive ketones (excluding diaryl/α,β-unsaturated/α-hetero) is 1. The van der Waals surface area contributed by atoms with Crippen molar-refractivity contribution in [3.8, 4) is 5.75 Å². The van der Waals surface area contributed by atoms with E-state index in [1.54, 1.807) is 6.07 Å². The lowest BCUT2D eigenvalue weighted by Gasteiger charge is -2.70. The van der Waals surface area contributed by atoms with Crippen molar-refractivity contribution in [3.05, 3.63) is 52.2 Å². The normalized spacial score (nSPS) is 24.9. The number of carbonyl (C=O) groups excluding carboxylic acids is 2. The molecule has 2 bridgehead atoms. The number of rotatable bonds is 7. The predicted molar refractivity (Wildman–Crippen MR) is 101 cm³/mol. The minimum absolute atomic E-state index is 0.00498. The first-order chi connectivity index (χ1) is 13.2. The summed E-state index contributed by atoms with van der Waals surface area (Å²) in [6, 6.07) is 5.83. The number of ketones is 1. The summed E-state index contributed by atoms with van der Waals surface area (Å²) in [5.74, 6) is 0.608. The van der Waals surface area contributed by atoms with Gasteiger partial charge >= 0.3 is 0 Å². The molecular formula is C21H21ClFNO4. The van der Waals surface area contributed by atoms with E-state index in [1.165, 1.54) is 12.1 Å². The smallest absolute Gasteiger partial charge is 0.258 e. The Kier molecular flexibility index (Phi) is 4.49. The monoisotopic (exact) mass is 405 g/mol. The molecule has 3 aliphatic rings. The van der Waals surface area contributed by atoms with Crippen LogP contribution in [0.1, 0.15) is 47.6 Å². The third-order valence-electron chi connectivity index (χ3n) is 5.78. The van der Waals surface area contributed by atoms with Crippen LogP contribution in [0.3, 0.4) is 0 Å². The van der Waals surface area contributed by atoms with Gasteiger partial charge in [0.2, 0.25) is 0 Å². The summed E-state index contributed by atoms with van der Waals surface area (Å²) in [4.78, 5) is 24.6. The van der Waals surface area contributed by atoms with Crippen LogP contribution in [-0.4, -0.2) is 23.8 Å². The molecule has 28 heavy (non-hydrogen) atoms. The van der Waals surface area contributed by atoms with Crippen molar-refractivity contribution in [1.29, 1.82) is 0 Å². The lowest BCUT2D eigenvalue weighted by molar-refractivity contribution is -0.164. The Bertz CT molecular complexity index is 928. The molecule has 1 aromatic heterocycles. The highest BCUT2D eigenvalue weighted by Crippen LogP contribution is 2.69. The molecule has 1 heterocycles. The maximum atomic E-state index is 13.4. The molecule has 1 N–H and O–H groups in total. The molecule has 0 atom stereocenters. The summed E-state index contributed by atoms with van der Waals surface area (Å²) in [6.07, 6.45) is 2.79. The molecule has 3 saturated carbocycles. The van der Waals surface area contributed by atoms with E-state index in [0.717, 1.165) is 36.7 Å². The molecule has 5 rings (SSSR count). The molecule has 0 unspecified atom stereocenters. The van der Waals surface area contributed by atoms with Gasteiger partial charge in [0.05, 0.1) is 5.02 Å². The molecule has 3 aliphatic carbocycles. The van der Waals surface area contributed by atoms with Gasteiger partial charge in [-0.05, 0) is 62.3 Å². The number of aryl methyl sites for hydroxylation is 2. The maximum Gasteiger partial charge on any atom is 0.258 e. The Morgan fingerprint density at radius 2 is 1.96 bits per heavy atom. The average molecular weight is 406 g/mol. The minimum atomic E-state index is -0.590. The quantitative estimate of drug-likeness (QED) is 0.694. The second-order valence-electron chi connectivity index (χ2n) is 8.17. The van der Waals surface area contributed by atoms with Crippen molar-refractivity contribution in [3.63, 3.8) is 0 Å². The highest BCUT2D eigenvalue weighted by molar-refractivity contribution is 6.30. The molecule has 1 amide bonds. The van der Waals surface area contributed by atoms with Crippen molar-refractivity contribution < 1.29 is 23.1 Å². The van der Waals surface area contributed by atoms with Gasteiger partial charge in [-0.25, -0.2) is 4.39 Å². The molecule has 0 spiro atoms. The van der Waals surface area contributed by atoms with Gasteiger partial charge in [-0.15, -0.1) is 0 Å². The van der Waals surface area contributed by atoms with Crippen molar-refractivity contribution in [2.45, 2.75) is 45.1 Å². The van der Waals surface area contributed by atoms with E-state index in [-0.39, 0.29) is 40.0 Å². The Morgan fingerprint density at radius 3 is 2.57 bits per heavy atom. The lowest BCUT2D eigenvalue weighted by Crippen LogP contribution is -2.75. The molecule has 1 aromatic carbocycles. The average Bonchev–Trinajstić information content (AvgIpc) is 2.92. The van der Waals surface area contributed by atoms with Gasteiger partial charge in [0, 0.05) is 18.0 Å². The highest BCUT2D eigenvalue weighted by Gasteiger charge is 2.68. The zero-order chi connectivity index (χ0) is 20.1. The van der Waals surface area contributed by atoms with E-state index in [9.17, 15) is 14.0 Å². The predicted octanol–water partition coefficient (Wildman–Crippen LogP) is 4.38. The van der Waals surface area contributed by atoms with Crippen LogP contribution >= 0.6 is 11.6 Å². The van der Waals surface area contributed by atoms with Crippen LogP contribution in [0.5, 0.6) is 5.75 Å². The van der Waals surface area contributed by atoms with Gasteiger partial charge in [-0.3, -0.25) is 9.59 Å². The van der Waals surface area contributed by atoms with Crippen LogP contribution in [0.2, 0.25) is 5.02 Å². The summed E-state index contributed by atoms with van der Waals surface area (Å²) < 4.78 is 24.2. The molecule has 7 heteroatoms. The van der Waals surface area contributed by atoms with Gasteiger partial charge in [0.15, 0.2) is 18.2 Å². The summed E-state index contributed by atoms with van der Waals surface area (Å²) in [5, 5.41) is 2.99. The summed E-state index contributed by atoms with van der Waals surface area (Å²) >= 11 is 5.62. The van der Waals surface area contributed by atoms with E-state index in [4.69, 9.17) is 20.8 Å². The number of halogens is 2. The third-order valence-corrected chi connectivity index (χ3v) is 6.09. The zero-order valence-electron chi connectivity index (χ0n) is 15.7. The Morgan fingerprint density at radius 1 is 1.25 bits per heavy atom. The number of furan rings is 1. The van der Waals surface area contributed by atoms with Gasteiger partial charge in [0.1, 0.15) is 17.3 Å². The summed E-state index contributed by atoms with van der Waals surface area (Å²) in [7, 11) is 0. The van der Waals surface area contributed by atoms with E-state index in [0.29, 0.717) is 12.2 Å². The van der Waals surface area contributed by atoms with Crippen LogP contribution in [0.25, 0.3) is 0 Å². The van der Waals surface area contributed by atoms with E-state index >= 15 is 0 Å². The fourth-order valence-corrected chi connectivity index (χ4v) is 4.62. The first kappa shape index (κ1) is 19.0. The lowest BCUT2D eigenvalue weighted by atomic mass is 9.38. The Hall–Kier alpha value is -2.34. The van der Waals surface area contributed by atoms with Crippen molar-refractivity contribution in [2.24, 2.45) is 5.41 Å². The molecule has 0 aliphatic heterocycles. The fourth-order valence-electron chi connectivity index (χ4n) is 4.50. The number of hydrogen-bond acceptors (Lipinski definition) is 4. The second kappa shape index (κ2) is 6.62. The van der Waals surface area contributed by atoms with Crippen LogP contribution in [0.4, 0.5) is 4.39 Å². The van der Waals surface area contributed by atoms with Crippen LogP contribution in [0.15, 0.2) is 28.7 Å². The zero-order valence-corrected chi connectivity index (χ0v) is 16.5. The standard InChI is InChI=1S/C21H21ClFNO4/c1-12-5-18(28-13(12)2)17(25)7-20-9-21(10-20,11-20)24-19(26)8-27-14-3-4-15(22)16(23)6-14/h3-6H,7-11H2,1-2H3,(H,24,26). The number of amides is 1. The SMILES string of the molecule is Cc1cc(C(=O)CC23CC(NC(=O)COc4ccc(Cl)c(F)c4)(C2)C3)oc1C. The molecule has 2 aromatic rings. The molecule has 3 fully saturated rings. The number of benzene rings is 1. The van der Waals surface area contributed by atoms with Crippen LogP contribution < -0.4 is 10.1 Å². The van der Waals surface area contributed by atoms with Crippen molar-refractivity contribution in [1.82, 2.24) is 5.32 Å². The molecule has 0 radical (unpaired) electrons. The van der Waals surface area contributed by atoms with Gasteiger partial charge < -0.3 is 14.5 Å². The number of carbonyl (C=O) groups is 2.